The molecule has 1 atom stereocenters. The van der Waals surface area contributed by atoms with Crippen molar-refractivity contribution in [3.8, 4) is 0 Å². The summed E-state index contributed by atoms with van der Waals surface area (Å²) in [5, 5.41) is 0. The Balaban J connectivity index is 2.75. The van der Waals surface area contributed by atoms with Gasteiger partial charge in [0, 0.05) is 6.54 Å². The van der Waals surface area contributed by atoms with E-state index in [1.165, 1.54) is 0 Å². The highest BCUT2D eigenvalue weighted by atomic mass is 14.5. The van der Waals surface area contributed by atoms with Crippen LogP contribution < -0.4 is 5.73 Å². The third kappa shape index (κ3) is 2.21. The summed E-state index contributed by atoms with van der Waals surface area (Å²) in [6.45, 7) is 6.18. The fraction of sp³-hybridized carbons (Fsp3) is 0.800. The molecular formula is C5H11N. The van der Waals surface area contributed by atoms with Gasteiger partial charge in [-0.2, -0.15) is 0 Å². The lowest BCUT2D eigenvalue weighted by atomic mass is 10.1. The van der Waals surface area contributed by atoms with Crippen LogP contribution in [0.4, 0.5) is 0 Å². The van der Waals surface area contributed by atoms with E-state index in [0.29, 0.717) is 12.5 Å². The van der Waals surface area contributed by atoms with Crippen LogP contribution in [-0.4, -0.2) is 6.54 Å². The van der Waals surface area contributed by atoms with Crippen molar-refractivity contribution >= 4 is 0 Å². The van der Waals surface area contributed by atoms with E-state index in [9.17, 15) is 0 Å². The van der Waals surface area contributed by atoms with E-state index in [-0.39, 0.29) is 0 Å². The Morgan fingerprint density at radius 3 is 2.33 bits per heavy atom. The van der Waals surface area contributed by atoms with Crippen molar-refractivity contribution in [2.24, 2.45) is 5.92 Å². The van der Waals surface area contributed by atoms with Crippen LogP contribution in [0.15, 0.2) is 0 Å². The van der Waals surface area contributed by atoms with Gasteiger partial charge >= 0.3 is 0 Å². The molecule has 0 aromatic heterocycles. The van der Waals surface area contributed by atoms with Gasteiger partial charge in [-0.15, -0.1) is 0 Å². The predicted molar refractivity (Wildman–Crippen MR) is 27.1 cm³/mol. The van der Waals surface area contributed by atoms with Crippen molar-refractivity contribution in [1.29, 1.82) is 0 Å². The zero-order chi connectivity index (χ0) is 4.99. The lowest BCUT2D eigenvalue weighted by Crippen LogP contribution is -1.98. The quantitative estimate of drug-likeness (QED) is 0.480. The molecule has 0 heterocycles. The van der Waals surface area contributed by atoms with Gasteiger partial charge in [-0.25, -0.2) is 0 Å². The first-order chi connectivity index (χ1) is 2.81. The minimum Gasteiger partial charge on any atom is -0.258 e. The standard InChI is InChI=1S/C5H11N/c1-3-5(2)4-6/h5-6H,1,3-4H2,2H3. The molecule has 0 rings (SSSR count). The molecule has 0 aliphatic heterocycles. The summed E-state index contributed by atoms with van der Waals surface area (Å²) in [5.41, 5.74) is 6.77. The van der Waals surface area contributed by atoms with Crippen LogP contribution in [0.3, 0.4) is 0 Å². The van der Waals surface area contributed by atoms with E-state index >= 15 is 0 Å². The second kappa shape index (κ2) is 3.16. The highest BCUT2D eigenvalue weighted by molar-refractivity contribution is 4.51. The average molecular weight is 85.2 g/mol. The van der Waals surface area contributed by atoms with Crippen LogP contribution in [0.2, 0.25) is 0 Å². The van der Waals surface area contributed by atoms with Crippen LogP contribution in [0, 0.1) is 12.8 Å². The second-order valence-electron chi connectivity index (χ2n) is 1.60. The van der Waals surface area contributed by atoms with Crippen molar-refractivity contribution in [3.05, 3.63) is 6.92 Å². The third-order valence-corrected chi connectivity index (χ3v) is 0.841. The molecule has 2 radical (unpaired) electrons. The molecule has 1 heteroatoms. The van der Waals surface area contributed by atoms with Crippen molar-refractivity contribution in [3.63, 3.8) is 0 Å². The zero-order valence-electron chi connectivity index (χ0n) is 4.20. The van der Waals surface area contributed by atoms with Gasteiger partial charge in [0.05, 0.1) is 0 Å². The SMILES string of the molecule is [CH2]CC(C)C[NH]. The molecule has 0 aromatic rings. The molecule has 36 valence electrons. The van der Waals surface area contributed by atoms with Gasteiger partial charge in [0.1, 0.15) is 0 Å². The molecule has 0 spiro atoms. The predicted octanol–water partition coefficient (Wildman–Crippen LogP) is 1.13. The number of hydrogen-bond donors (Lipinski definition) is 0. The summed E-state index contributed by atoms with van der Waals surface area (Å²) >= 11 is 0. The van der Waals surface area contributed by atoms with E-state index in [1.54, 1.807) is 0 Å². The summed E-state index contributed by atoms with van der Waals surface area (Å²) < 4.78 is 0. The Morgan fingerprint density at radius 1 is 1.83 bits per heavy atom. The van der Waals surface area contributed by atoms with Crippen LogP contribution in [0.1, 0.15) is 13.3 Å². The topological polar surface area (TPSA) is 23.8 Å². The molecule has 6 heavy (non-hydrogen) atoms. The Hall–Kier alpha value is -0.0400. The molecule has 0 bridgehead atoms. The minimum absolute atomic E-state index is 0.491. The molecular weight excluding hydrogens is 74.1 g/mol. The van der Waals surface area contributed by atoms with Gasteiger partial charge in [-0.1, -0.05) is 13.8 Å². The molecule has 0 aliphatic rings. The maximum Gasteiger partial charge on any atom is 0.0125 e. The minimum atomic E-state index is 0.491. The molecule has 0 saturated heterocycles. The van der Waals surface area contributed by atoms with Crippen LogP contribution in [0.25, 0.3) is 0 Å². The summed E-state index contributed by atoms with van der Waals surface area (Å²) in [5.74, 6) is 0.491. The fourth-order valence-electron chi connectivity index (χ4n) is 0.102. The molecule has 0 amide bonds. The highest BCUT2D eigenvalue weighted by Crippen LogP contribution is 1.94. The van der Waals surface area contributed by atoms with Crippen molar-refractivity contribution < 1.29 is 0 Å². The van der Waals surface area contributed by atoms with E-state index in [4.69, 9.17) is 5.73 Å². The van der Waals surface area contributed by atoms with E-state index < -0.39 is 0 Å². The Labute approximate surface area is 39.5 Å². The van der Waals surface area contributed by atoms with Crippen molar-refractivity contribution in [2.75, 3.05) is 6.54 Å². The van der Waals surface area contributed by atoms with Crippen LogP contribution in [-0.2, 0) is 0 Å². The first kappa shape index (κ1) is 5.96. The molecule has 0 fully saturated rings. The molecule has 0 aromatic carbocycles. The molecule has 1 nitrogen and oxygen atoms in total. The maximum absolute atomic E-state index is 6.77. The Kier molecular flexibility index (Phi) is 3.14. The van der Waals surface area contributed by atoms with E-state index in [0.717, 1.165) is 6.42 Å². The first-order valence-corrected chi connectivity index (χ1v) is 2.25. The lowest BCUT2D eigenvalue weighted by Gasteiger charge is -1.97. The lowest BCUT2D eigenvalue weighted by molar-refractivity contribution is 0.595. The summed E-state index contributed by atoms with van der Waals surface area (Å²) in [7, 11) is 0. The van der Waals surface area contributed by atoms with Gasteiger partial charge in [0.2, 0.25) is 0 Å². The van der Waals surface area contributed by atoms with Gasteiger partial charge in [0.15, 0.2) is 0 Å². The third-order valence-electron chi connectivity index (χ3n) is 0.841. The fourth-order valence-corrected chi connectivity index (χ4v) is 0.102. The van der Waals surface area contributed by atoms with Crippen LogP contribution >= 0.6 is 0 Å². The van der Waals surface area contributed by atoms with Crippen LogP contribution in [0.5, 0.6) is 0 Å². The molecule has 0 aliphatic carbocycles. The smallest absolute Gasteiger partial charge is 0.0125 e. The molecule has 1 N–H and O–H groups in total. The number of nitrogens with one attached hydrogen (secondary N) is 1. The van der Waals surface area contributed by atoms with Gasteiger partial charge < -0.3 is 0 Å². The first-order valence-electron chi connectivity index (χ1n) is 2.25. The summed E-state index contributed by atoms with van der Waals surface area (Å²) in [6, 6.07) is 0. The van der Waals surface area contributed by atoms with Gasteiger partial charge in [-0.3, -0.25) is 5.73 Å². The maximum atomic E-state index is 6.77. The largest absolute Gasteiger partial charge is 0.258 e. The molecule has 1 unspecified atom stereocenters. The van der Waals surface area contributed by atoms with E-state index in [2.05, 4.69) is 6.92 Å². The Bertz CT molecular complexity index is 23.1. The highest BCUT2D eigenvalue weighted by Gasteiger charge is 1.89. The zero-order valence-corrected chi connectivity index (χ0v) is 4.20. The summed E-state index contributed by atoms with van der Waals surface area (Å²) in [4.78, 5) is 0. The van der Waals surface area contributed by atoms with Gasteiger partial charge in [-0.05, 0) is 12.3 Å². The number of hydrogen-bond acceptors (Lipinski definition) is 0. The second-order valence-corrected chi connectivity index (χ2v) is 1.60. The van der Waals surface area contributed by atoms with Crippen molar-refractivity contribution in [1.82, 2.24) is 5.73 Å². The normalized spacial score (nSPS) is 14.5. The van der Waals surface area contributed by atoms with E-state index in [1.807, 2.05) is 6.92 Å². The average Bonchev–Trinajstić information content (AvgIpc) is 1.65. The summed E-state index contributed by atoms with van der Waals surface area (Å²) in [6.07, 6.45) is 0.892. The number of rotatable bonds is 2. The van der Waals surface area contributed by atoms with Crippen molar-refractivity contribution in [2.45, 2.75) is 13.3 Å². The molecule has 0 saturated carbocycles. The Morgan fingerprint density at radius 2 is 2.33 bits per heavy atom. The monoisotopic (exact) mass is 85.1 g/mol. The van der Waals surface area contributed by atoms with Gasteiger partial charge in [0.25, 0.3) is 0 Å².